The van der Waals surface area contributed by atoms with E-state index < -0.39 is 5.92 Å². The van der Waals surface area contributed by atoms with Crippen molar-refractivity contribution in [1.29, 1.82) is 0 Å². The lowest BCUT2D eigenvalue weighted by molar-refractivity contribution is 0.252. The molecule has 0 heterocycles. The van der Waals surface area contributed by atoms with Crippen molar-refractivity contribution in [3.05, 3.63) is 75.3 Å². The second-order valence-corrected chi connectivity index (χ2v) is 8.79. The maximum absolute atomic E-state index is 12.2. The van der Waals surface area contributed by atoms with Gasteiger partial charge in [0.15, 0.2) is 0 Å². The Morgan fingerprint density at radius 3 is 1.88 bits per heavy atom. The third kappa shape index (κ3) is 5.70. The van der Waals surface area contributed by atoms with E-state index in [1.807, 2.05) is 12.1 Å². The molecule has 3 rings (SSSR count). The van der Waals surface area contributed by atoms with Gasteiger partial charge in [-0.2, -0.15) is 0 Å². The molecule has 0 spiro atoms. The Labute approximate surface area is 200 Å². The molecule has 0 saturated heterocycles. The monoisotopic (exact) mass is 514 g/mol. The fourth-order valence-electron chi connectivity index (χ4n) is 3.68. The van der Waals surface area contributed by atoms with Crippen molar-refractivity contribution in [2.45, 2.75) is 32.6 Å². The minimum absolute atomic E-state index is 0.0209. The summed E-state index contributed by atoms with van der Waals surface area (Å²) in [6.07, 6.45) is 1.05. The number of rotatable bonds is 7. The van der Waals surface area contributed by atoms with E-state index in [9.17, 15) is 25.2 Å². The summed E-state index contributed by atoms with van der Waals surface area (Å²) in [5.74, 6) is -0.558. The molecule has 3 aromatic carbocycles. The lowest BCUT2D eigenvalue weighted by atomic mass is 9.84. The van der Waals surface area contributed by atoms with Crippen LogP contribution in [0.25, 0.3) is 0 Å². The number of halogens is 1. The van der Waals surface area contributed by atoms with E-state index in [2.05, 4.69) is 26.6 Å². The first-order valence-electron chi connectivity index (χ1n) is 10.5. The van der Waals surface area contributed by atoms with Crippen molar-refractivity contribution in [1.82, 2.24) is 5.32 Å². The number of carbonyl (C=O) groups is 1. The highest BCUT2D eigenvalue weighted by Crippen LogP contribution is 2.44. The van der Waals surface area contributed by atoms with Crippen LogP contribution in [0.5, 0.6) is 23.0 Å². The van der Waals surface area contributed by atoms with Gasteiger partial charge in [0, 0.05) is 44.9 Å². The standard InChI is InChI=1S/C25H27BrN2O5/c1-14-21(29)11-9-19(23(14)31)18(20-10-12-22(30)15(2)24(20)32)4-3-13-27-25(33)28-17-7-5-16(26)6-8-17/h5-12,18,29-32H,3-4,13H2,1-2H3,(H2,27,28,33). The summed E-state index contributed by atoms with van der Waals surface area (Å²) in [5.41, 5.74) is 2.46. The molecule has 3 aromatic rings. The molecule has 6 N–H and O–H groups in total. The molecule has 0 aliphatic carbocycles. The second kappa shape index (κ2) is 10.5. The summed E-state index contributed by atoms with van der Waals surface area (Å²) in [6.45, 7) is 3.59. The van der Waals surface area contributed by atoms with Gasteiger partial charge in [-0.1, -0.05) is 28.1 Å². The predicted octanol–water partition coefficient (Wildman–Crippen LogP) is 5.62. The van der Waals surface area contributed by atoms with Gasteiger partial charge in [-0.25, -0.2) is 4.79 Å². The minimum Gasteiger partial charge on any atom is -0.508 e. The Bertz CT molecular complexity index is 1090. The largest absolute Gasteiger partial charge is 0.508 e. The minimum atomic E-state index is -0.417. The van der Waals surface area contributed by atoms with Crippen molar-refractivity contribution < 1.29 is 25.2 Å². The molecule has 174 valence electrons. The Morgan fingerprint density at radius 2 is 1.36 bits per heavy atom. The normalized spacial score (nSPS) is 10.9. The number of carbonyl (C=O) groups excluding carboxylic acids is 1. The van der Waals surface area contributed by atoms with Gasteiger partial charge in [0.05, 0.1) is 0 Å². The van der Waals surface area contributed by atoms with E-state index in [-0.39, 0.29) is 29.0 Å². The molecular formula is C25H27BrN2O5. The molecule has 0 saturated carbocycles. The Balaban J connectivity index is 1.74. The van der Waals surface area contributed by atoms with E-state index in [0.29, 0.717) is 47.3 Å². The number of anilines is 1. The van der Waals surface area contributed by atoms with Crippen LogP contribution in [0.15, 0.2) is 53.0 Å². The fourth-order valence-corrected chi connectivity index (χ4v) is 3.94. The zero-order chi connectivity index (χ0) is 24.1. The Kier molecular flexibility index (Phi) is 7.71. The number of benzene rings is 3. The molecule has 7 nitrogen and oxygen atoms in total. The van der Waals surface area contributed by atoms with E-state index in [0.717, 1.165) is 4.47 Å². The maximum Gasteiger partial charge on any atom is 0.319 e. The van der Waals surface area contributed by atoms with Crippen LogP contribution in [-0.4, -0.2) is 33.0 Å². The number of urea groups is 1. The number of hydrogen-bond donors (Lipinski definition) is 6. The number of phenolic OH excluding ortho intramolecular Hbond substituents is 4. The van der Waals surface area contributed by atoms with Crippen LogP contribution in [0.4, 0.5) is 10.5 Å². The Morgan fingerprint density at radius 1 is 0.848 bits per heavy atom. The van der Waals surface area contributed by atoms with Gasteiger partial charge >= 0.3 is 6.03 Å². The third-order valence-electron chi connectivity index (χ3n) is 5.68. The van der Waals surface area contributed by atoms with Gasteiger partial charge in [0.1, 0.15) is 23.0 Å². The van der Waals surface area contributed by atoms with Crippen LogP contribution >= 0.6 is 15.9 Å². The lowest BCUT2D eigenvalue weighted by Gasteiger charge is -2.22. The summed E-state index contributed by atoms with van der Waals surface area (Å²) in [5, 5.41) is 46.8. The van der Waals surface area contributed by atoms with Crippen LogP contribution in [0.3, 0.4) is 0 Å². The summed E-state index contributed by atoms with van der Waals surface area (Å²) in [4.78, 5) is 12.2. The maximum atomic E-state index is 12.2. The molecule has 0 fully saturated rings. The molecule has 0 radical (unpaired) electrons. The zero-order valence-corrected chi connectivity index (χ0v) is 20.0. The van der Waals surface area contributed by atoms with Crippen molar-refractivity contribution in [3.63, 3.8) is 0 Å². The SMILES string of the molecule is Cc1c(O)ccc(C(CCCNC(=O)Nc2ccc(Br)cc2)c2ccc(O)c(C)c2O)c1O. The van der Waals surface area contributed by atoms with E-state index >= 15 is 0 Å². The molecule has 0 bridgehead atoms. The topological polar surface area (TPSA) is 122 Å². The predicted molar refractivity (Wildman–Crippen MR) is 131 cm³/mol. The highest BCUT2D eigenvalue weighted by molar-refractivity contribution is 9.10. The highest BCUT2D eigenvalue weighted by Gasteiger charge is 2.24. The molecule has 0 aliphatic heterocycles. The smallest absolute Gasteiger partial charge is 0.319 e. The number of aromatic hydroxyl groups is 4. The first-order chi connectivity index (χ1) is 15.7. The lowest BCUT2D eigenvalue weighted by Crippen LogP contribution is -2.29. The van der Waals surface area contributed by atoms with E-state index in [1.165, 1.54) is 12.1 Å². The Hall–Kier alpha value is -3.39. The highest BCUT2D eigenvalue weighted by atomic mass is 79.9. The van der Waals surface area contributed by atoms with Crippen LogP contribution in [0.2, 0.25) is 0 Å². The number of phenols is 4. The summed E-state index contributed by atoms with van der Waals surface area (Å²) in [6, 6.07) is 13.2. The van der Waals surface area contributed by atoms with Gasteiger partial charge in [-0.3, -0.25) is 0 Å². The number of hydrogen-bond acceptors (Lipinski definition) is 5. The van der Waals surface area contributed by atoms with Crippen molar-refractivity contribution >= 4 is 27.6 Å². The first-order valence-corrected chi connectivity index (χ1v) is 11.3. The van der Waals surface area contributed by atoms with Crippen LogP contribution in [0, 0.1) is 13.8 Å². The average molecular weight is 515 g/mol. The van der Waals surface area contributed by atoms with Crippen LogP contribution < -0.4 is 10.6 Å². The van der Waals surface area contributed by atoms with Crippen LogP contribution in [-0.2, 0) is 0 Å². The van der Waals surface area contributed by atoms with Gasteiger partial charge in [-0.15, -0.1) is 0 Å². The van der Waals surface area contributed by atoms with E-state index in [4.69, 9.17) is 0 Å². The van der Waals surface area contributed by atoms with Gasteiger partial charge in [0.25, 0.3) is 0 Å². The molecule has 33 heavy (non-hydrogen) atoms. The second-order valence-electron chi connectivity index (χ2n) is 7.88. The molecule has 0 aromatic heterocycles. The molecule has 0 aliphatic rings. The number of nitrogens with one attached hydrogen (secondary N) is 2. The molecule has 2 amide bonds. The average Bonchev–Trinajstić information content (AvgIpc) is 2.79. The first kappa shape index (κ1) is 24.3. The molecule has 0 unspecified atom stereocenters. The molecule has 8 heteroatoms. The van der Waals surface area contributed by atoms with Gasteiger partial charge < -0.3 is 31.1 Å². The van der Waals surface area contributed by atoms with Gasteiger partial charge in [-0.05, 0) is 63.1 Å². The third-order valence-corrected chi connectivity index (χ3v) is 6.20. The van der Waals surface area contributed by atoms with E-state index in [1.54, 1.807) is 38.1 Å². The fraction of sp³-hybridized carbons (Fsp3) is 0.240. The molecular weight excluding hydrogens is 488 g/mol. The van der Waals surface area contributed by atoms with Crippen molar-refractivity contribution in [2.24, 2.45) is 0 Å². The summed E-state index contributed by atoms with van der Waals surface area (Å²) >= 11 is 3.35. The van der Waals surface area contributed by atoms with Crippen LogP contribution in [0.1, 0.15) is 41.0 Å². The van der Waals surface area contributed by atoms with Gasteiger partial charge in [0.2, 0.25) is 0 Å². The molecule has 0 atom stereocenters. The van der Waals surface area contributed by atoms with Crippen molar-refractivity contribution in [2.75, 3.05) is 11.9 Å². The summed E-state index contributed by atoms with van der Waals surface area (Å²) in [7, 11) is 0. The number of amides is 2. The zero-order valence-electron chi connectivity index (χ0n) is 18.4. The summed E-state index contributed by atoms with van der Waals surface area (Å²) < 4.78 is 0.917. The quantitative estimate of drug-likeness (QED) is 0.228. The van der Waals surface area contributed by atoms with Crippen molar-refractivity contribution in [3.8, 4) is 23.0 Å².